The molecule has 2 heterocycles. The van der Waals surface area contributed by atoms with Gasteiger partial charge in [-0.2, -0.15) is 0 Å². The zero-order valence-electron chi connectivity index (χ0n) is 9.73. The number of carbonyl (C=O) groups excluding carboxylic acids is 2. The molecule has 2 aliphatic rings. The predicted octanol–water partition coefficient (Wildman–Crippen LogP) is 0.884. The van der Waals surface area contributed by atoms with Crippen LogP contribution in [-0.4, -0.2) is 42.1 Å². The predicted molar refractivity (Wildman–Crippen MR) is 57.9 cm³/mol. The van der Waals surface area contributed by atoms with Gasteiger partial charge in [-0.05, 0) is 32.6 Å². The maximum absolute atomic E-state index is 12.1. The summed E-state index contributed by atoms with van der Waals surface area (Å²) in [5, 5.41) is 2.60. The van der Waals surface area contributed by atoms with E-state index in [0.717, 1.165) is 25.7 Å². The minimum atomic E-state index is -0.524. The van der Waals surface area contributed by atoms with Gasteiger partial charge in [0.05, 0.1) is 7.11 Å². The lowest BCUT2D eigenvalue weighted by Gasteiger charge is -2.37. The molecule has 16 heavy (non-hydrogen) atoms. The summed E-state index contributed by atoms with van der Waals surface area (Å²) in [4.78, 5) is 25.2. The summed E-state index contributed by atoms with van der Waals surface area (Å²) in [6, 6.07) is 0.294. The van der Waals surface area contributed by atoms with E-state index in [2.05, 4.69) is 17.0 Å². The lowest BCUT2D eigenvalue weighted by molar-refractivity contribution is -0.139. The molecule has 2 fully saturated rings. The van der Waals surface area contributed by atoms with Gasteiger partial charge in [0.15, 0.2) is 0 Å². The fraction of sp³-hybridized carbons (Fsp3) is 0.818. The van der Waals surface area contributed by atoms with Crippen molar-refractivity contribution in [2.45, 2.75) is 50.7 Å². The summed E-state index contributed by atoms with van der Waals surface area (Å²) >= 11 is 0. The molecule has 2 rings (SSSR count). The number of nitrogens with zero attached hydrogens (tertiary/aromatic N) is 1. The van der Waals surface area contributed by atoms with Crippen LogP contribution >= 0.6 is 0 Å². The number of alkyl carbamates (subject to hydrolysis) is 1. The molecule has 0 unspecified atom stereocenters. The molecule has 5 nitrogen and oxygen atoms in total. The van der Waals surface area contributed by atoms with Crippen LogP contribution in [0, 0.1) is 0 Å². The Morgan fingerprint density at radius 2 is 2.06 bits per heavy atom. The molecule has 2 aliphatic heterocycles. The molecule has 90 valence electrons. The van der Waals surface area contributed by atoms with E-state index in [1.807, 2.05) is 4.90 Å². The summed E-state index contributed by atoms with van der Waals surface area (Å²) in [5.74, 6) is 0.0478. The zero-order valence-corrected chi connectivity index (χ0v) is 9.73. The number of hydrogen-bond acceptors (Lipinski definition) is 3. The smallest absolute Gasteiger partial charge is 0.407 e. The molecular weight excluding hydrogens is 208 g/mol. The summed E-state index contributed by atoms with van der Waals surface area (Å²) in [5.41, 5.74) is 0. The molecule has 0 aromatic rings. The van der Waals surface area contributed by atoms with Gasteiger partial charge in [-0.3, -0.25) is 4.79 Å². The third kappa shape index (κ3) is 1.86. The molecule has 0 spiro atoms. The van der Waals surface area contributed by atoms with Gasteiger partial charge in [-0.1, -0.05) is 0 Å². The van der Waals surface area contributed by atoms with E-state index in [1.165, 1.54) is 7.11 Å². The van der Waals surface area contributed by atoms with Crippen LogP contribution in [-0.2, 0) is 9.53 Å². The molecule has 0 aliphatic carbocycles. The molecule has 2 amide bonds. The van der Waals surface area contributed by atoms with Crippen LogP contribution in [0.4, 0.5) is 4.79 Å². The van der Waals surface area contributed by atoms with E-state index in [4.69, 9.17) is 0 Å². The van der Waals surface area contributed by atoms with Gasteiger partial charge >= 0.3 is 6.09 Å². The van der Waals surface area contributed by atoms with Crippen LogP contribution in [0.25, 0.3) is 0 Å². The highest BCUT2D eigenvalue weighted by molar-refractivity contribution is 5.87. The third-order valence-electron chi connectivity index (χ3n) is 3.60. The fourth-order valence-electron chi connectivity index (χ4n) is 2.75. The first kappa shape index (κ1) is 11.2. The summed E-state index contributed by atoms with van der Waals surface area (Å²) in [6.07, 6.45) is 3.34. The molecule has 0 saturated carbocycles. The number of ether oxygens (including phenoxy) is 1. The Labute approximate surface area is 95.1 Å². The number of amides is 2. The van der Waals surface area contributed by atoms with Crippen molar-refractivity contribution in [3.8, 4) is 0 Å². The average Bonchev–Trinajstić information content (AvgIpc) is 2.65. The van der Waals surface area contributed by atoms with Crippen molar-refractivity contribution in [1.29, 1.82) is 0 Å². The van der Waals surface area contributed by atoms with Crippen LogP contribution < -0.4 is 5.32 Å². The van der Waals surface area contributed by atoms with Crippen molar-refractivity contribution in [3.05, 3.63) is 0 Å². The number of piperidine rings is 1. The Kier molecular flexibility index (Phi) is 3.03. The number of hydrogen-bond donors (Lipinski definition) is 1. The summed E-state index contributed by atoms with van der Waals surface area (Å²) in [6.45, 7) is 2.07. The van der Waals surface area contributed by atoms with Crippen LogP contribution in [0.15, 0.2) is 0 Å². The maximum Gasteiger partial charge on any atom is 0.407 e. The molecule has 0 radical (unpaired) electrons. The van der Waals surface area contributed by atoms with Crippen molar-refractivity contribution in [1.82, 2.24) is 10.2 Å². The van der Waals surface area contributed by atoms with E-state index in [-0.39, 0.29) is 5.91 Å². The SMILES string of the molecule is COC(=O)N[C@H]1CC[C@@H]2CC[C@@H](C)N2C1=O. The minimum absolute atomic E-state index is 0.0478. The highest BCUT2D eigenvalue weighted by Crippen LogP contribution is 2.32. The second kappa shape index (κ2) is 4.31. The van der Waals surface area contributed by atoms with E-state index < -0.39 is 12.1 Å². The normalized spacial score (nSPS) is 33.5. The van der Waals surface area contributed by atoms with Crippen molar-refractivity contribution in [3.63, 3.8) is 0 Å². The monoisotopic (exact) mass is 226 g/mol. The van der Waals surface area contributed by atoms with Crippen molar-refractivity contribution < 1.29 is 14.3 Å². The lowest BCUT2D eigenvalue weighted by Crippen LogP contribution is -2.55. The largest absolute Gasteiger partial charge is 0.453 e. The van der Waals surface area contributed by atoms with Crippen LogP contribution in [0.3, 0.4) is 0 Å². The first-order valence-electron chi connectivity index (χ1n) is 5.80. The standard InChI is InChI=1S/C11H18N2O3/c1-7-3-4-8-5-6-9(10(14)13(7)8)12-11(15)16-2/h7-9H,3-6H2,1-2H3,(H,12,15)/t7-,8+,9+/m1/s1. The van der Waals surface area contributed by atoms with E-state index in [9.17, 15) is 9.59 Å². The topological polar surface area (TPSA) is 58.6 Å². The van der Waals surface area contributed by atoms with Gasteiger partial charge in [0.2, 0.25) is 5.91 Å². The Hall–Kier alpha value is -1.26. The van der Waals surface area contributed by atoms with Crippen LogP contribution in [0.5, 0.6) is 0 Å². The summed E-state index contributed by atoms with van der Waals surface area (Å²) in [7, 11) is 1.31. The number of nitrogens with one attached hydrogen (secondary N) is 1. The Bertz CT molecular complexity index is 306. The van der Waals surface area contributed by atoms with Crippen LogP contribution in [0.1, 0.15) is 32.6 Å². The Morgan fingerprint density at radius 1 is 1.38 bits per heavy atom. The van der Waals surface area contributed by atoms with E-state index >= 15 is 0 Å². The molecule has 5 heteroatoms. The zero-order chi connectivity index (χ0) is 11.7. The number of methoxy groups -OCH3 is 1. The minimum Gasteiger partial charge on any atom is -0.453 e. The summed E-state index contributed by atoms with van der Waals surface area (Å²) < 4.78 is 4.52. The molecule has 1 N–H and O–H groups in total. The third-order valence-corrected chi connectivity index (χ3v) is 3.60. The average molecular weight is 226 g/mol. The number of rotatable bonds is 1. The second-order valence-corrected chi connectivity index (χ2v) is 4.59. The number of fused-ring (bicyclic) bond motifs is 1. The van der Waals surface area contributed by atoms with Gasteiger partial charge in [0.25, 0.3) is 0 Å². The second-order valence-electron chi connectivity index (χ2n) is 4.59. The van der Waals surface area contributed by atoms with Crippen molar-refractivity contribution in [2.24, 2.45) is 0 Å². The number of carbonyl (C=O) groups is 2. The van der Waals surface area contributed by atoms with Crippen molar-refractivity contribution >= 4 is 12.0 Å². The van der Waals surface area contributed by atoms with Crippen LogP contribution in [0.2, 0.25) is 0 Å². The van der Waals surface area contributed by atoms with E-state index in [0.29, 0.717) is 12.1 Å². The molecular formula is C11H18N2O3. The molecule has 0 bridgehead atoms. The van der Waals surface area contributed by atoms with Gasteiger partial charge in [0, 0.05) is 12.1 Å². The van der Waals surface area contributed by atoms with Gasteiger partial charge < -0.3 is 15.0 Å². The quantitative estimate of drug-likeness (QED) is 0.722. The highest BCUT2D eigenvalue weighted by Gasteiger charge is 2.41. The first-order chi connectivity index (χ1) is 7.63. The van der Waals surface area contributed by atoms with Gasteiger partial charge in [-0.15, -0.1) is 0 Å². The fourth-order valence-corrected chi connectivity index (χ4v) is 2.75. The van der Waals surface area contributed by atoms with Gasteiger partial charge in [-0.25, -0.2) is 4.79 Å². The first-order valence-corrected chi connectivity index (χ1v) is 5.80. The molecule has 3 atom stereocenters. The molecule has 2 saturated heterocycles. The highest BCUT2D eigenvalue weighted by atomic mass is 16.5. The Balaban J connectivity index is 2.03. The lowest BCUT2D eigenvalue weighted by atomic mass is 9.98. The van der Waals surface area contributed by atoms with Crippen molar-refractivity contribution in [2.75, 3.05) is 7.11 Å². The molecule has 0 aromatic heterocycles. The maximum atomic E-state index is 12.1. The molecule has 0 aromatic carbocycles. The van der Waals surface area contributed by atoms with E-state index in [1.54, 1.807) is 0 Å². The van der Waals surface area contributed by atoms with Gasteiger partial charge in [0.1, 0.15) is 6.04 Å². The Morgan fingerprint density at radius 3 is 2.75 bits per heavy atom.